The predicted octanol–water partition coefficient (Wildman–Crippen LogP) is 1.74. The fourth-order valence-corrected chi connectivity index (χ4v) is 2.83. The van der Waals surface area contributed by atoms with Gasteiger partial charge in [0.15, 0.2) is 0 Å². The lowest BCUT2D eigenvalue weighted by molar-refractivity contribution is 0.0691. The van der Waals surface area contributed by atoms with Gasteiger partial charge in [0.2, 0.25) is 0 Å². The monoisotopic (exact) mass is 226 g/mol. The smallest absolute Gasteiger partial charge is 0.0576 e. The molecule has 2 unspecified atom stereocenters. The number of piperidine rings is 1. The van der Waals surface area contributed by atoms with Gasteiger partial charge in [0, 0.05) is 19.3 Å². The van der Waals surface area contributed by atoms with Gasteiger partial charge >= 0.3 is 0 Å². The molecule has 0 spiro atoms. The van der Waals surface area contributed by atoms with E-state index >= 15 is 0 Å². The maximum absolute atomic E-state index is 5.39. The SMILES string of the molecule is CC(C)C1CCNC(NC2CCOCC2)C1. The summed E-state index contributed by atoms with van der Waals surface area (Å²) in [7, 11) is 0. The zero-order valence-corrected chi connectivity index (χ0v) is 10.7. The van der Waals surface area contributed by atoms with E-state index in [1.165, 1.54) is 32.2 Å². The molecule has 3 heteroatoms. The molecule has 2 heterocycles. The van der Waals surface area contributed by atoms with Crippen LogP contribution in [0, 0.1) is 11.8 Å². The highest BCUT2D eigenvalue weighted by molar-refractivity contribution is 4.82. The first-order chi connectivity index (χ1) is 7.75. The maximum atomic E-state index is 5.39. The number of hydrogen-bond acceptors (Lipinski definition) is 3. The molecule has 2 saturated heterocycles. The minimum Gasteiger partial charge on any atom is -0.381 e. The second-order valence-corrected chi connectivity index (χ2v) is 5.59. The third-order valence-electron chi connectivity index (χ3n) is 4.05. The summed E-state index contributed by atoms with van der Waals surface area (Å²) in [4.78, 5) is 0. The molecule has 94 valence electrons. The summed E-state index contributed by atoms with van der Waals surface area (Å²) in [6, 6.07) is 0.664. The standard InChI is InChI=1S/C13H26N2O/c1-10(2)11-3-6-14-13(9-11)15-12-4-7-16-8-5-12/h10-15H,3-9H2,1-2H3. The zero-order valence-electron chi connectivity index (χ0n) is 10.7. The summed E-state index contributed by atoms with van der Waals surface area (Å²) < 4.78 is 5.39. The van der Waals surface area contributed by atoms with Crippen LogP contribution in [0.5, 0.6) is 0 Å². The molecule has 0 aromatic rings. The maximum Gasteiger partial charge on any atom is 0.0576 e. The van der Waals surface area contributed by atoms with Crippen molar-refractivity contribution in [3.8, 4) is 0 Å². The van der Waals surface area contributed by atoms with E-state index in [2.05, 4.69) is 24.5 Å². The fraction of sp³-hybridized carbons (Fsp3) is 1.00. The van der Waals surface area contributed by atoms with Crippen molar-refractivity contribution in [2.45, 2.75) is 51.7 Å². The number of ether oxygens (including phenoxy) is 1. The minimum absolute atomic E-state index is 0.532. The normalized spacial score (nSPS) is 33.2. The van der Waals surface area contributed by atoms with Gasteiger partial charge in [-0.15, -0.1) is 0 Å². The molecular weight excluding hydrogens is 200 g/mol. The van der Waals surface area contributed by atoms with Gasteiger partial charge in [0.25, 0.3) is 0 Å². The third-order valence-corrected chi connectivity index (χ3v) is 4.05. The number of nitrogens with one attached hydrogen (secondary N) is 2. The highest BCUT2D eigenvalue weighted by atomic mass is 16.5. The minimum atomic E-state index is 0.532. The third kappa shape index (κ3) is 3.44. The van der Waals surface area contributed by atoms with Crippen LogP contribution in [0.1, 0.15) is 39.5 Å². The Balaban J connectivity index is 1.75. The summed E-state index contributed by atoms with van der Waals surface area (Å²) in [5.41, 5.74) is 0. The summed E-state index contributed by atoms with van der Waals surface area (Å²) in [5, 5.41) is 7.35. The van der Waals surface area contributed by atoms with Gasteiger partial charge in [-0.05, 0) is 44.1 Å². The summed E-state index contributed by atoms with van der Waals surface area (Å²) >= 11 is 0. The summed E-state index contributed by atoms with van der Waals surface area (Å²) in [6.07, 6.45) is 5.50. The van der Waals surface area contributed by atoms with Crippen molar-refractivity contribution in [3.63, 3.8) is 0 Å². The highest BCUT2D eigenvalue weighted by Crippen LogP contribution is 2.23. The molecule has 2 rings (SSSR count). The van der Waals surface area contributed by atoms with Gasteiger partial charge in [-0.25, -0.2) is 0 Å². The van der Waals surface area contributed by atoms with Crippen LogP contribution >= 0.6 is 0 Å². The van der Waals surface area contributed by atoms with Crippen molar-refractivity contribution in [1.29, 1.82) is 0 Å². The fourth-order valence-electron chi connectivity index (χ4n) is 2.83. The largest absolute Gasteiger partial charge is 0.381 e. The molecule has 0 aromatic carbocycles. The Morgan fingerprint density at radius 1 is 1.19 bits per heavy atom. The van der Waals surface area contributed by atoms with Gasteiger partial charge in [0.1, 0.15) is 0 Å². The van der Waals surface area contributed by atoms with E-state index in [1.807, 2.05) is 0 Å². The molecule has 2 aliphatic rings. The van der Waals surface area contributed by atoms with Crippen molar-refractivity contribution in [3.05, 3.63) is 0 Å². The average Bonchev–Trinajstić information content (AvgIpc) is 2.30. The van der Waals surface area contributed by atoms with Crippen LogP contribution in [0.15, 0.2) is 0 Å². The molecule has 0 bridgehead atoms. The zero-order chi connectivity index (χ0) is 11.4. The highest BCUT2D eigenvalue weighted by Gasteiger charge is 2.25. The summed E-state index contributed by atoms with van der Waals surface area (Å²) in [6.45, 7) is 7.72. The van der Waals surface area contributed by atoms with E-state index in [0.29, 0.717) is 12.2 Å². The number of hydrogen-bond donors (Lipinski definition) is 2. The molecular formula is C13H26N2O. The summed E-state index contributed by atoms with van der Waals surface area (Å²) in [5.74, 6) is 1.71. The molecule has 2 aliphatic heterocycles. The second-order valence-electron chi connectivity index (χ2n) is 5.59. The molecule has 0 aliphatic carbocycles. The molecule has 2 N–H and O–H groups in total. The van der Waals surface area contributed by atoms with Crippen LogP contribution < -0.4 is 10.6 Å². The van der Waals surface area contributed by atoms with Crippen molar-refractivity contribution < 1.29 is 4.74 Å². The van der Waals surface area contributed by atoms with Crippen LogP contribution in [0.3, 0.4) is 0 Å². The van der Waals surface area contributed by atoms with Crippen molar-refractivity contribution >= 4 is 0 Å². The first-order valence-corrected chi connectivity index (χ1v) is 6.83. The van der Waals surface area contributed by atoms with Gasteiger partial charge in [-0.1, -0.05) is 13.8 Å². The van der Waals surface area contributed by atoms with Gasteiger partial charge in [0.05, 0.1) is 6.17 Å². The average molecular weight is 226 g/mol. The van der Waals surface area contributed by atoms with Gasteiger partial charge in [-0.2, -0.15) is 0 Å². The lowest BCUT2D eigenvalue weighted by atomic mass is 9.86. The van der Waals surface area contributed by atoms with E-state index in [-0.39, 0.29) is 0 Å². The van der Waals surface area contributed by atoms with Crippen molar-refractivity contribution in [2.24, 2.45) is 11.8 Å². The van der Waals surface area contributed by atoms with Crippen LogP contribution in [-0.4, -0.2) is 32.0 Å². The molecule has 0 saturated carbocycles. The predicted molar refractivity (Wildman–Crippen MR) is 66.3 cm³/mol. The lowest BCUT2D eigenvalue weighted by Gasteiger charge is -2.36. The van der Waals surface area contributed by atoms with Crippen molar-refractivity contribution in [2.75, 3.05) is 19.8 Å². The van der Waals surface area contributed by atoms with Crippen LogP contribution in [-0.2, 0) is 4.74 Å². The van der Waals surface area contributed by atoms with Gasteiger partial charge in [-0.3, -0.25) is 5.32 Å². The topological polar surface area (TPSA) is 33.3 Å². The Hall–Kier alpha value is -0.120. The van der Waals surface area contributed by atoms with Crippen molar-refractivity contribution in [1.82, 2.24) is 10.6 Å². The molecule has 3 nitrogen and oxygen atoms in total. The van der Waals surface area contributed by atoms with Crippen LogP contribution in [0.2, 0.25) is 0 Å². The van der Waals surface area contributed by atoms with E-state index in [1.54, 1.807) is 0 Å². The van der Waals surface area contributed by atoms with Crippen LogP contribution in [0.25, 0.3) is 0 Å². The lowest BCUT2D eigenvalue weighted by Crippen LogP contribution is -2.53. The Morgan fingerprint density at radius 3 is 2.62 bits per heavy atom. The molecule has 2 fully saturated rings. The quantitative estimate of drug-likeness (QED) is 0.769. The van der Waals surface area contributed by atoms with E-state index in [0.717, 1.165) is 25.0 Å². The van der Waals surface area contributed by atoms with E-state index < -0.39 is 0 Å². The molecule has 0 amide bonds. The van der Waals surface area contributed by atoms with Crippen LogP contribution in [0.4, 0.5) is 0 Å². The second kappa shape index (κ2) is 5.99. The molecule has 16 heavy (non-hydrogen) atoms. The Morgan fingerprint density at radius 2 is 1.94 bits per heavy atom. The van der Waals surface area contributed by atoms with E-state index in [4.69, 9.17) is 4.74 Å². The first kappa shape index (κ1) is 12.3. The number of rotatable bonds is 3. The Labute approximate surface area is 99.3 Å². The molecule has 0 radical (unpaired) electrons. The van der Waals surface area contributed by atoms with E-state index in [9.17, 15) is 0 Å². The Kier molecular flexibility index (Phi) is 4.62. The molecule has 2 atom stereocenters. The van der Waals surface area contributed by atoms with Gasteiger partial charge < -0.3 is 10.1 Å². The Bertz CT molecular complexity index is 202. The first-order valence-electron chi connectivity index (χ1n) is 6.83. The molecule has 0 aromatic heterocycles.